The lowest BCUT2D eigenvalue weighted by Gasteiger charge is -2.26. The van der Waals surface area contributed by atoms with Crippen LogP contribution in [0.25, 0.3) is 11.1 Å². The summed E-state index contributed by atoms with van der Waals surface area (Å²) in [6.45, 7) is 9.68. The molecule has 0 saturated carbocycles. The molecular weight excluding hydrogens is 757 g/mol. The summed E-state index contributed by atoms with van der Waals surface area (Å²) >= 11 is 0. The highest BCUT2D eigenvalue weighted by Gasteiger charge is 2.32. The summed E-state index contributed by atoms with van der Waals surface area (Å²) in [5, 5.41) is 8.11. The molecule has 3 aromatic carbocycles. The zero-order valence-electron chi connectivity index (χ0n) is 35.0. The Bertz CT molecular complexity index is 1900. The monoisotopic (exact) mass is 814 g/mol. The Labute approximate surface area is 346 Å². The number of benzene rings is 3. The van der Waals surface area contributed by atoms with Gasteiger partial charge < -0.3 is 45.7 Å². The van der Waals surface area contributed by atoms with Gasteiger partial charge in [0, 0.05) is 57.7 Å². The number of rotatable bonds is 18. The van der Waals surface area contributed by atoms with Crippen molar-refractivity contribution in [2.75, 3.05) is 45.7 Å². The molecule has 0 saturated heterocycles. The topological polar surface area (TPSA) is 199 Å². The number of fused-ring (bicyclic) bond motifs is 3. The molecule has 59 heavy (non-hydrogen) atoms. The molecule has 15 nitrogen and oxygen atoms in total. The standard InChI is InChI=1S/C44H58N6O9/c1-28(2)38(48-41(54)57-27-36-34-16-10-8-14-32(34)33-15-9-11-17-35(33)36)37(51)25-30(13-12-22-46-40(45)53)39(52)47-31-20-18-29(19-21-31)26-58-42(55)49(6)23-24-50(7)43(56)59-44(3,4)5/h8-11,14-21,28,30,36,38H,12-13,22-27H2,1-7H3,(H,47,52)(H,48,54)(H3,45,46,53)/t30-,38+/m1/s1. The number of nitrogens with one attached hydrogen (secondary N) is 3. The number of hydrogen-bond acceptors (Lipinski definition) is 9. The minimum Gasteiger partial charge on any atom is -0.449 e. The first-order chi connectivity index (χ1) is 27.9. The molecule has 2 atom stereocenters. The van der Waals surface area contributed by atoms with Crippen LogP contribution < -0.4 is 21.7 Å². The van der Waals surface area contributed by atoms with Crippen LogP contribution in [-0.2, 0) is 30.4 Å². The number of ether oxygens (including phenoxy) is 3. The number of ketones is 1. The van der Waals surface area contributed by atoms with Crippen molar-refractivity contribution in [1.82, 2.24) is 20.4 Å². The van der Waals surface area contributed by atoms with Crippen molar-refractivity contribution in [3.8, 4) is 11.1 Å². The quantitative estimate of drug-likeness (QED) is 0.0803. The van der Waals surface area contributed by atoms with E-state index in [2.05, 4.69) is 16.0 Å². The molecule has 5 N–H and O–H groups in total. The summed E-state index contributed by atoms with van der Waals surface area (Å²) in [6.07, 6.45) is -1.35. The average Bonchev–Trinajstić information content (AvgIpc) is 3.51. The normalized spacial score (nSPS) is 12.9. The van der Waals surface area contributed by atoms with Gasteiger partial charge in [0.05, 0.1) is 6.04 Å². The summed E-state index contributed by atoms with van der Waals surface area (Å²) in [6, 6.07) is 21.1. The van der Waals surface area contributed by atoms with Gasteiger partial charge in [0.25, 0.3) is 0 Å². The van der Waals surface area contributed by atoms with Gasteiger partial charge in [-0.15, -0.1) is 0 Å². The van der Waals surface area contributed by atoms with Crippen LogP contribution in [0.3, 0.4) is 0 Å². The van der Waals surface area contributed by atoms with Crippen molar-refractivity contribution in [2.45, 2.75) is 78.0 Å². The number of urea groups is 1. The molecule has 0 aliphatic heterocycles. The van der Waals surface area contributed by atoms with E-state index < -0.39 is 47.8 Å². The van der Waals surface area contributed by atoms with Gasteiger partial charge in [0.2, 0.25) is 5.91 Å². The van der Waals surface area contributed by atoms with Crippen LogP contribution in [0.15, 0.2) is 72.8 Å². The van der Waals surface area contributed by atoms with Crippen molar-refractivity contribution in [2.24, 2.45) is 17.6 Å². The van der Waals surface area contributed by atoms with Crippen LogP contribution in [0, 0.1) is 11.8 Å². The number of likely N-dealkylation sites (N-methyl/N-ethyl adjacent to an activating group) is 2. The van der Waals surface area contributed by atoms with E-state index in [4.69, 9.17) is 19.9 Å². The number of nitrogens with zero attached hydrogens (tertiary/aromatic N) is 2. The van der Waals surface area contributed by atoms with Crippen LogP contribution in [0.4, 0.5) is 24.9 Å². The largest absolute Gasteiger partial charge is 0.449 e. The molecule has 0 unspecified atom stereocenters. The van der Waals surface area contributed by atoms with E-state index in [0.717, 1.165) is 22.3 Å². The highest BCUT2D eigenvalue weighted by atomic mass is 16.6. The van der Waals surface area contributed by atoms with E-state index >= 15 is 0 Å². The minimum absolute atomic E-state index is 0.0312. The predicted octanol–water partition coefficient (Wildman–Crippen LogP) is 6.65. The number of alkyl carbamates (subject to hydrolysis) is 1. The van der Waals surface area contributed by atoms with Crippen molar-refractivity contribution in [1.29, 1.82) is 0 Å². The highest BCUT2D eigenvalue weighted by Crippen LogP contribution is 2.44. The van der Waals surface area contributed by atoms with E-state index in [1.807, 2.05) is 48.5 Å². The molecule has 15 heteroatoms. The molecule has 0 fully saturated rings. The van der Waals surface area contributed by atoms with Gasteiger partial charge >= 0.3 is 24.3 Å². The van der Waals surface area contributed by atoms with Gasteiger partial charge in [0.1, 0.15) is 18.8 Å². The summed E-state index contributed by atoms with van der Waals surface area (Å²) in [5.74, 6) is -2.00. The van der Waals surface area contributed by atoms with E-state index in [0.29, 0.717) is 17.7 Å². The highest BCUT2D eigenvalue weighted by molar-refractivity contribution is 5.97. The second kappa shape index (κ2) is 21.0. The van der Waals surface area contributed by atoms with Gasteiger partial charge in [0.15, 0.2) is 5.78 Å². The zero-order valence-corrected chi connectivity index (χ0v) is 35.0. The average molecular weight is 815 g/mol. The Morgan fingerprint density at radius 3 is 1.93 bits per heavy atom. The van der Waals surface area contributed by atoms with Crippen molar-refractivity contribution < 1.29 is 43.0 Å². The minimum atomic E-state index is -0.920. The first-order valence-corrected chi connectivity index (χ1v) is 19.8. The third-order valence-corrected chi connectivity index (χ3v) is 9.85. The second-order valence-electron chi connectivity index (χ2n) is 16.1. The number of Topliss-reactive ketones (excluding diaryl/α,β-unsaturated/α-hetero) is 1. The fourth-order valence-electron chi connectivity index (χ4n) is 6.65. The predicted molar refractivity (Wildman–Crippen MR) is 224 cm³/mol. The number of hydrogen-bond donors (Lipinski definition) is 4. The lowest BCUT2D eigenvalue weighted by atomic mass is 9.89. The van der Waals surface area contributed by atoms with Crippen LogP contribution >= 0.6 is 0 Å². The number of nitrogens with two attached hydrogens (primary N) is 1. The van der Waals surface area contributed by atoms with E-state index in [-0.39, 0.29) is 63.3 Å². The molecule has 1 aliphatic carbocycles. The number of anilines is 1. The molecule has 318 valence electrons. The first kappa shape index (κ1) is 45.6. The number of amides is 6. The molecule has 1 aliphatic rings. The molecule has 0 radical (unpaired) electrons. The third kappa shape index (κ3) is 13.8. The summed E-state index contributed by atoms with van der Waals surface area (Å²) < 4.78 is 16.5. The molecule has 0 heterocycles. The van der Waals surface area contributed by atoms with Crippen LogP contribution in [-0.4, -0.2) is 97.8 Å². The first-order valence-electron chi connectivity index (χ1n) is 19.8. The summed E-state index contributed by atoms with van der Waals surface area (Å²) in [4.78, 5) is 79.4. The zero-order chi connectivity index (χ0) is 43.3. The van der Waals surface area contributed by atoms with Crippen LogP contribution in [0.5, 0.6) is 0 Å². The molecule has 0 spiro atoms. The van der Waals surface area contributed by atoms with Gasteiger partial charge in [-0.3, -0.25) is 9.59 Å². The molecule has 0 bridgehead atoms. The maximum absolute atomic E-state index is 13.8. The fourth-order valence-corrected chi connectivity index (χ4v) is 6.65. The lowest BCUT2D eigenvalue weighted by Crippen LogP contribution is -2.46. The van der Waals surface area contributed by atoms with Gasteiger partial charge in [-0.25, -0.2) is 19.2 Å². The Hall–Kier alpha value is -6.12. The number of primary amides is 1. The van der Waals surface area contributed by atoms with E-state index in [1.165, 1.54) is 9.80 Å². The smallest absolute Gasteiger partial charge is 0.410 e. The molecule has 0 aromatic heterocycles. The fraction of sp³-hybridized carbons (Fsp3) is 0.455. The maximum Gasteiger partial charge on any atom is 0.410 e. The third-order valence-electron chi connectivity index (χ3n) is 9.85. The SMILES string of the molecule is CC(C)[C@H](NC(=O)OCC1c2ccccc2-c2ccccc21)C(=O)C[C@@H](CCCNC(N)=O)C(=O)Nc1ccc(COC(=O)N(C)CCN(C)C(=O)OC(C)(C)C)cc1. The van der Waals surface area contributed by atoms with Crippen molar-refractivity contribution in [3.63, 3.8) is 0 Å². The molecule has 3 aromatic rings. The number of carbonyl (C=O) groups excluding carboxylic acids is 6. The Kier molecular flexibility index (Phi) is 16.3. The molecule has 6 amide bonds. The van der Waals surface area contributed by atoms with E-state index in [9.17, 15) is 28.8 Å². The molecule has 4 rings (SSSR count). The van der Waals surface area contributed by atoms with Gasteiger partial charge in [-0.1, -0.05) is 74.5 Å². The Morgan fingerprint density at radius 1 is 0.797 bits per heavy atom. The van der Waals surface area contributed by atoms with Crippen LogP contribution in [0.2, 0.25) is 0 Å². The second-order valence-corrected chi connectivity index (χ2v) is 16.1. The summed E-state index contributed by atoms with van der Waals surface area (Å²) in [5.41, 5.74) is 10.0. The summed E-state index contributed by atoms with van der Waals surface area (Å²) in [7, 11) is 3.15. The van der Waals surface area contributed by atoms with Crippen LogP contribution in [0.1, 0.15) is 76.5 Å². The Morgan fingerprint density at radius 2 is 1.37 bits per heavy atom. The van der Waals surface area contributed by atoms with Crippen molar-refractivity contribution >= 4 is 41.7 Å². The Balaban J connectivity index is 1.31. The van der Waals surface area contributed by atoms with Gasteiger partial charge in [-0.05, 0) is 79.5 Å². The van der Waals surface area contributed by atoms with E-state index in [1.54, 1.807) is 73.0 Å². The lowest BCUT2D eigenvalue weighted by molar-refractivity contribution is -0.128. The maximum atomic E-state index is 13.8. The number of carbonyl (C=O) groups is 6. The molecular formula is C44H58N6O9. The van der Waals surface area contributed by atoms with Crippen molar-refractivity contribution in [3.05, 3.63) is 89.5 Å². The van der Waals surface area contributed by atoms with Gasteiger partial charge in [-0.2, -0.15) is 0 Å².